The van der Waals surface area contributed by atoms with Gasteiger partial charge in [0.15, 0.2) is 18.9 Å². The number of fused-ring (bicyclic) bond motifs is 1. The van der Waals surface area contributed by atoms with E-state index in [0.29, 0.717) is 10.6 Å². The molecule has 3 aliphatic heterocycles. The SMILES string of the molecule is CC(=O)N[C@H]1C(O)O[C@H](CO)[C@@H](O[C@@H]2O[C@H](CO)[C@@H](O[C@@H]3O[C@H](CO)[C@@H](O)[C@H](O)[C@H]3N)[C@H](O)[C@H]2N(C(C)=O)C(C)=O)[C@@H]1O.O=C(O)c1ccccc1C(=O)Nc1cccc2ccccc12. The number of hydrogen-bond donors (Lipinski definition) is 12. The normalized spacial score (nSPS) is 32.3. The maximum Gasteiger partial charge on any atom is 0.336 e. The fraction of sp³-hybridized carbons (Fsp3) is 0.500. The minimum atomic E-state index is -1.93. The number of nitrogens with zero attached hydrogens (tertiary/aromatic N) is 1. The highest BCUT2D eigenvalue weighted by Gasteiger charge is 2.56. The van der Waals surface area contributed by atoms with Crippen LogP contribution in [0.1, 0.15) is 41.5 Å². The largest absolute Gasteiger partial charge is 0.478 e. The molecule has 65 heavy (non-hydrogen) atoms. The van der Waals surface area contributed by atoms with E-state index < -0.39 is 141 Å². The van der Waals surface area contributed by atoms with Gasteiger partial charge in [0.2, 0.25) is 17.7 Å². The fourth-order valence-electron chi connectivity index (χ4n) is 7.82. The highest BCUT2D eigenvalue weighted by molar-refractivity contribution is 6.13. The van der Waals surface area contributed by atoms with Gasteiger partial charge >= 0.3 is 5.97 Å². The van der Waals surface area contributed by atoms with E-state index in [1.165, 1.54) is 12.1 Å². The van der Waals surface area contributed by atoms with Crippen LogP contribution in [0.5, 0.6) is 0 Å². The van der Waals surface area contributed by atoms with Crippen LogP contribution >= 0.6 is 0 Å². The van der Waals surface area contributed by atoms with E-state index >= 15 is 0 Å². The van der Waals surface area contributed by atoms with Crippen LogP contribution in [0.2, 0.25) is 0 Å². The number of carboxylic acids is 1. The number of aromatic carboxylic acids is 1. The second kappa shape index (κ2) is 22.4. The molecule has 3 aromatic rings. The van der Waals surface area contributed by atoms with E-state index in [0.717, 1.165) is 31.5 Å². The third-order valence-electron chi connectivity index (χ3n) is 11.0. The number of carbonyl (C=O) groups excluding carboxylic acids is 4. The van der Waals surface area contributed by atoms with E-state index in [1.807, 2.05) is 36.4 Å². The molecule has 0 saturated carbocycles. The van der Waals surface area contributed by atoms with E-state index in [9.17, 15) is 69.9 Å². The summed E-state index contributed by atoms with van der Waals surface area (Å²) in [6.45, 7) is 0.678. The predicted octanol–water partition coefficient (Wildman–Crippen LogP) is -3.27. The van der Waals surface area contributed by atoms with E-state index in [4.69, 9.17) is 29.4 Å². The Bertz CT molecular complexity index is 2130. The number of nitrogens with two attached hydrogens (primary N) is 1. The third kappa shape index (κ3) is 11.5. The molecule has 3 aromatic carbocycles. The van der Waals surface area contributed by atoms with E-state index in [1.54, 1.807) is 18.2 Å². The molecule has 3 saturated heterocycles. The number of anilines is 1. The average Bonchev–Trinajstić information content (AvgIpc) is 3.27. The van der Waals surface area contributed by atoms with Crippen LogP contribution < -0.4 is 16.4 Å². The summed E-state index contributed by atoms with van der Waals surface area (Å²) in [6, 6.07) is 14.8. The average molecular weight is 919 g/mol. The Hall–Kier alpha value is -5.09. The number of ether oxygens (including phenoxy) is 5. The molecule has 15 atom stereocenters. The highest BCUT2D eigenvalue weighted by Crippen LogP contribution is 2.34. The Labute approximate surface area is 370 Å². The van der Waals surface area contributed by atoms with E-state index in [-0.39, 0.29) is 11.1 Å². The lowest BCUT2D eigenvalue weighted by Gasteiger charge is -2.51. The molecule has 4 amide bonds. The van der Waals surface area contributed by atoms with Crippen molar-refractivity contribution in [2.45, 2.75) is 113 Å². The van der Waals surface area contributed by atoms with Gasteiger partial charge in [-0.05, 0) is 23.6 Å². The number of amides is 4. The number of imide groups is 1. The smallest absolute Gasteiger partial charge is 0.336 e. The molecule has 0 spiro atoms. The van der Waals surface area contributed by atoms with Crippen molar-refractivity contribution in [3.63, 3.8) is 0 Å². The van der Waals surface area contributed by atoms with Crippen molar-refractivity contribution in [2.75, 3.05) is 25.1 Å². The monoisotopic (exact) mass is 918 g/mol. The summed E-state index contributed by atoms with van der Waals surface area (Å²) in [4.78, 5) is 61.0. The molecule has 0 radical (unpaired) electrons. The summed E-state index contributed by atoms with van der Waals surface area (Å²) < 4.78 is 28.2. The van der Waals surface area contributed by atoms with Crippen molar-refractivity contribution in [3.05, 3.63) is 77.9 Å². The topological polar surface area (TPSA) is 367 Å². The van der Waals surface area contributed by atoms with Crippen LogP contribution in [0, 0.1) is 0 Å². The minimum absolute atomic E-state index is 0.0137. The second-order valence-corrected chi connectivity index (χ2v) is 15.4. The number of rotatable bonds is 12. The lowest BCUT2D eigenvalue weighted by atomic mass is 9.93. The zero-order valence-corrected chi connectivity index (χ0v) is 35.3. The summed E-state index contributed by atoms with van der Waals surface area (Å²) in [5.74, 6) is -3.98. The molecule has 1 unspecified atom stereocenters. The summed E-state index contributed by atoms with van der Waals surface area (Å²) >= 11 is 0. The molecule has 3 heterocycles. The van der Waals surface area contributed by atoms with Gasteiger partial charge in [0.1, 0.15) is 67.0 Å². The first-order valence-corrected chi connectivity index (χ1v) is 20.3. The highest BCUT2D eigenvalue weighted by atomic mass is 16.7. The maximum atomic E-state index is 12.6. The zero-order chi connectivity index (χ0) is 47.9. The van der Waals surface area contributed by atoms with Gasteiger partial charge in [0, 0.05) is 31.8 Å². The minimum Gasteiger partial charge on any atom is -0.478 e. The number of aliphatic hydroxyl groups is 8. The molecule has 23 heteroatoms. The molecule has 0 aliphatic carbocycles. The Morgan fingerprint density at radius 1 is 0.662 bits per heavy atom. The van der Waals surface area contributed by atoms with Crippen LogP contribution in [-0.4, -0.2) is 192 Å². The molecule has 6 rings (SSSR count). The summed E-state index contributed by atoms with van der Waals surface area (Å²) in [5, 5.41) is 98.8. The summed E-state index contributed by atoms with van der Waals surface area (Å²) in [5.41, 5.74) is 6.72. The number of aliphatic hydroxyl groups excluding tert-OH is 8. The second-order valence-electron chi connectivity index (χ2n) is 15.4. The van der Waals surface area contributed by atoms with Gasteiger partial charge in [0.25, 0.3) is 5.91 Å². The number of nitrogens with one attached hydrogen (secondary N) is 2. The fourth-order valence-corrected chi connectivity index (χ4v) is 7.82. The standard InChI is InChI=1S/C24H41N3O16.C18H13NO3/c1-7(31)26-14-18(36)20(11(5-29)39-22(14)38)43-24-15(27(8(2)32)9(3)33)19(37)21(12(6-30)41-24)42-23-13(25)17(35)16(34)10(4-28)40-23;20-17(14-9-3-4-10-15(14)18(21)22)19-16-11-5-7-12-6-1-2-8-13(12)16/h10-24,28-30,34-38H,4-6,25H2,1-3H3,(H,26,31);1-11H,(H,19,20)(H,21,22)/t10-,11-,12-,13-,14-,15-,16-,17-,18-,19-,20-,21-,22?,23+,24+;/m1./s1. The number of hydrogen-bond acceptors (Lipinski definition) is 19. The molecule has 3 fully saturated rings. The summed E-state index contributed by atoms with van der Waals surface area (Å²) in [7, 11) is 0. The van der Waals surface area contributed by atoms with Crippen LogP contribution in [0.3, 0.4) is 0 Å². The van der Waals surface area contributed by atoms with Gasteiger partial charge < -0.3 is 86.0 Å². The van der Waals surface area contributed by atoms with Crippen LogP contribution in [0.15, 0.2) is 66.7 Å². The first kappa shape index (κ1) is 50.9. The Balaban J connectivity index is 0.000000299. The van der Waals surface area contributed by atoms with Crippen molar-refractivity contribution in [3.8, 4) is 0 Å². The van der Waals surface area contributed by atoms with Crippen molar-refractivity contribution in [1.29, 1.82) is 0 Å². The van der Waals surface area contributed by atoms with Crippen molar-refractivity contribution in [2.24, 2.45) is 5.73 Å². The summed E-state index contributed by atoms with van der Waals surface area (Å²) in [6.07, 6.45) is -19.6. The van der Waals surface area contributed by atoms with Gasteiger partial charge in [-0.2, -0.15) is 0 Å². The van der Waals surface area contributed by atoms with Crippen LogP contribution in [-0.2, 0) is 38.1 Å². The molecule has 13 N–H and O–H groups in total. The van der Waals surface area contributed by atoms with Crippen molar-refractivity contribution < 1.29 is 93.6 Å². The van der Waals surface area contributed by atoms with Crippen LogP contribution in [0.4, 0.5) is 5.69 Å². The van der Waals surface area contributed by atoms with Gasteiger partial charge in [0.05, 0.1) is 37.0 Å². The van der Waals surface area contributed by atoms with Gasteiger partial charge in [-0.15, -0.1) is 0 Å². The lowest BCUT2D eigenvalue weighted by molar-refractivity contribution is -0.356. The number of carbonyl (C=O) groups is 5. The van der Waals surface area contributed by atoms with Gasteiger partial charge in [-0.3, -0.25) is 24.1 Å². The zero-order valence-electron chi connectivity index (χ0n) is 35.3. The molecular formula is C42H54N4O19. The van der Waals surface area contributed by atoms with Gasteiger partial charge in [-0.1, -0.05) is 48.5 Å². The number of benzene rings is 3. The quantitative estimate of drug-likeness (QED) is 0.0848. The van der Waals surface area contributed by atoms with E-state index in [2.05, 4.69) is 10.6 Å². The molecule has 23 nitrogen and oxygen atoms in total. The Morgan fingerprint density at radius 3 is 1.80 bits per heavy atom. The molecule has 0 aromatic heterocycles. The first-order valence-electron chi connectivity index (χ1n) is 20.3. The molecule has 0 bridgehead atoms. The third-order valence-corrected chi connectivity index (χ3v) is 11.0. The van der Waals surface area contributed by atoms with Gasteiger partial charge in [-0.25, -0.2) is 4.79 Å². The van der Waals surface area contributed by atoms with Crippen molar-refractivity contribution in [1.82, 2.24) is 10.2 Å². The Morgan fingerprint density at radius 2 is 1.20 bits per heavy atom. The lowest BCUT2D eigenvalue weighted by Crippen LogP contribution is -2.71. The van der Waals surface area contributed by atoms with Crippen LogP contribution in [0.25, 0.3) is 10.8 Å². The molecule has 356 valence electrons. The molecule has 3 aliphatic rings. The molecular weight excluding hydrogens is 864 g/mol. The maximum absolute atomic E-state index is 12.6. The predicted molar refractivity (Wildman–Crippen MR) is 221 cm³/mol. The first-order chi connectivity index (χ1) is 30.8. The Kier molecular flexibility index (Phi) is 17.5. The van der Waals surface area contributed by atoms with Crippen molar-refractivity contribution >= 4 is 46.1 Å². The number of carboxylic acid groups (broad SMARTS) is 1.